The molecule has 0 amide bonds. The second-order valence-corrected chi connectivity index (χ2v) is 6.25. The predicted octanol–water partition coefficient (Wildman–Crippen LogP) is 0.749. The molecular weight excluding hydrogens is 282 g/mol. The number of hydrogen-bond acceptors (Lipinski definition) is 6. The number of carbonyl (C=O) groups excluding carboxylic acids is 1. The summed E-state index contributed by atoms with van der Waals surface area (Å²) in [5, 5.41) is 0. The average Bonchev–Trinajstić information content (AvgIpc) is 2.38. The van der Waals surface area contributed by atoms with Gasteiger partial charge in [-0.15, -0.1) is 0 Å². The van der Waals surface area contributed by atoms with Crippen molar-refractivity contribution in [2.24, 2.45) is 5.73 Å². The lowest BCUT2D eigenvalue weighted by molar-refractivity contribution is -0.145. The zero-order valence-corrected chi connectivity index (χ0v) is 12.4. The largest absolute Gasteiger partial charge is 0.494 e. The van der Waals surface area contributed by atoms with Crippen LogP contribution in [-0.2, 0) is 19.4 Å². The maximum absolute atomic E-state index is 11.3. The first kappa shape index (κ1) is 16.5. The van der Waals surface area contributed by atoms with Crippen molar-refractivity contribution in [2.45, 2.75) is 24.3 Å². The molecule has 7 heteroatoms. The predicted molar refractivity (Wildman–Crippen MR) is 74.3 cm³/mol. The van der Waals surface area contributed by atoms with E-state index >= 15 is 0 Å². The van der Waals surface area contributed by atoms with E-state index in [1.807, 2.05) is 0 Å². The van der Waals surface area contributed by atoms with Gasteiger partial charge in [-0.05, 0) is 31.2 Å². The van der Waals surface area contributed by atoms with Gasteiger partial charge < -0.3 is 15.2 Å². The zero-order chi connectivity index (χ0) is 15.2. The van der Waals surface area contributed by atoms with Crippen molar-refractivity contribution >= 4 is 15.8 Å². The van der Waals surface area contributed by atoms with Crippen molar-refractivity contribution in [3.63, 3.8) is 0 Å². The third-order valence-electron chi connectivity index (χ3n) is 2.54. The summed E-state index contributed by atoms with van der Waals surface area (Å²) in [6.07, 6.45) is 1.47. The highest BCUT2D eigenvalue weighted by Gasteiger charge is 2.14. The summed E-state index contributed by atoms with van der Waals surface area (Å²) in [5.74, 6) is 0.0667. The van der Waals surface area contributed by atoms with E-state index in [4.69, 9.17) is 15.2 Å². The molecule has 0 aliphatic carbocycles. The number of ether oxygens (including phenoxy) is 2. The Labute approximate surface area is 118 Å². The van der Waals surface area contributed by atoms with Gasteiger partial charge in [0.05, 0.1) is 18.1 Å². The summed E-state index contributed by atoms with van der Waals surface area (Å²) >= 11 is 0. The van der Waals surface area contributed by atoms with E-state index in [0.29, 0.717) is 18.8 Å². The Kier molecular flexibility index (Phi) is 5.97. The number of rotatable bonds is 7. The van der Waals surface area contributed by atoms with Gasteiger partial charge in [-0.3, -0.25) is 4.79 Å². The molecule has 1 aromatic rings. The van der Waals surface area contributed by atoms with Crippen molar-refractivity contribution in [2.75, 3.05) is 19.5 Å². The van der Waals surface area contributed by atoms with Crippen LogP contribution in [0.15, 0.2) is 29.2 Å². The lowest BCUT2D eigenvalue weighted by Crippen LogP contribution is -2.33. The molecule has 1 unspecified atom stereocenters. The lowest BCUT2D eigenvalue weighted by Gasteiger charge is -2.11. The molecule has 0 aliphatic heterocycles. The van der Waals surface area contributed by atoms with Crippen LogP contribution in [0.4, 0.5) is 0 Å². The minimum atomic E-state index is -3.21. The molecule has 20 heavy (non-hydrogen) atoms. The van der Waals surface area contributed by atoms with Crippen LogP contribution in [0.1, 0.15) is 13.3 Å². The van der Waals surface area contributed by atoms with Crippen molar-refractivity contribution in [3.05, 3.63) is 24.3 Å². The van der Waals surface area contributed by atoms with Crippen LogP contribution in [0.2, 0.25) is 0 Å². The lowest BCUT2D eigenvalue weighted by atomic mass is 10.2. The monoisotopic (exact) mass is 301 g/mol. The molecule has 2 N–H and O–H groups in total. The fourth-order valence-electron chi connectivity index (χ4n) is 1.45. The van der Waals surface area contributed by atoms with Gasteiger partial charge in [0.25, 0.3) is 0 Å². The Bertz CT molecular complexity index is 538. The summed E-state index contributed by atoms with van der Waals surface area (Å²) in [7, 11) is -3.21. The van der Waals surface area contributed by atoms with Gasteiger partial charge in [0, 0.05) is 12.7 Å². The first-order valence-corrected chi connectivity index (χ1v) is 8.09. The molecule has 0 radical (unpaired) electrons. The molecule has 0 saturated heterocycles. The van der Waals surface area contributed by atoms with E-state index in [2.05, 4.69) is 0 Å². The highest BCUT2D eigenvalue weighted by molar-refractivity contribution is 7.90. The van der Waals surface area contributed by atoms with Crippen LogP contribution >= 0.6 is 0 Å². The fourth-order valence-corrected chi connectivity index (χ4v) is 2.08. The van der Waals surface area contributed by atoms with Crippen molar-refractivity contribution in [1.82, 2.24) is 0 Å². The van der Waals surface area contributed by atoms with E-state index in [1.54, 1.807) is 19.1 Å². The van der Waals surface area contributed by atoms with Crippen molar-refractivity contribution in [1.29, 1.82) is 0 Å². The minimum Gasteiger partial charge on any atom is -0.494 e. The molecule has 1 aromatic carbocycles. The Morgan fingerprint density at radius 1 is 1.30 bits per heavy atom. The smallest absolute Gasteiger partial charge is 0.323 e. The highest BCUT2D eigenvalue weighted by atomic mass is 32.2. The number of carbonyl (C=O) groups is 1. The Hall–Kier alpha value is -1.60. The number of hydrogen-bond donors (Lipinski definition) is 1. The van der Waals surface area contributed by atoms with Gasteiger partial charge in [-0.25, -0.2) is 8.42 Å². The van der Waals surface area contributed by atoms with Crippen LogP contribution in [-0.4, -0.2) is 39.9 Å². The Balaban J connectivity index is 2.45. The maximum Gasteiger partial charge on any atom is 0.323 e. The molecule has 0 aliphatic rings. The maximum atomic E-state index is 11.3. The summed E-state index contributed by atoms with van der Waals surface area (Å²) < 4.78 is 32.7. The Morgan fingerprint density at radius 2 is 1.90 bits per heavy atom. The summed E-state index contributed by atoms with van der Waals surface area (Å²) in [6, 6.07) is 5.34. The van der Waals surface area contributed by atoms with Gasteiger partial charge in [0.1, 0.15) is 11.8 Å². The van der Waals surface area contributed by atoms with E-state index < -0.39 is 21.8 Å². The normalized spacial score (nSPS) is 12.8. The van der Waals surface area contributed by atoms with Gasteiger partial charge in [0.2, 0.25) is 0 Å². The second kappa shape index (κ2) is 7.25. The third-order valence-corrected chi connectivity index (χ3v) is 3.67. The van der Waals surface area contributed by atoms with Crippen LogP contribution < -0.4 is 10.5 Å². The summed E-state index contributed by atoms with van der Waals surface area (Å²) in [6.45, 7) is 2.25. The van der Waals surface area contributed by atoms with E-state index in [0.717, 1.165) is 6.26 Å². The van der Waals surface area contributed by atoms with Gasteiger partial charge >= 0.3 is 5.97 Å². The van der Waals surface area contributed by atoms with Crippen LogP contribution in [0, 0.1) is 0 Å². The molecule has 0 saturated carbocycles. The molecule has 0 heterocycles. The third kappa shape index (κ3) is 5.18. The molecule has 112 valence electrons. The topological polar surface area (TPSA) is 95.7 Å². The summed E-state index contributed by atoms with van der Waals surface area (Å²) in [5.41, 5.74) is 5.61. The molecule has 0 bridgehead atoms. The van der Waals surface area contributed by atoms with Gasteiger partial charge in [-0.2, -0.15) is 0 Å². The van der Waals surface area contributed by atoms with Crippen LogP contribution in [0.5, 0.6) is 5.75 Å². The second-order valence-electron chi connectivity index (χ2n) is 4.24. The molecule has 0 fully saturated rings. The highest BCUT2D eigenvalue weighted by Crippen LogP contribution is 2.16. The molecule has 1 atom stereocenters. The van der Waals surface area contributed by atoms with E-state index in [-0.39, 0.29) is 11.5 Å². The molecule has 0 spiro atoms. The van der Waals surface area contributed by atoms with E-state index in [1.165, 1.54) is 12.1 Å². The Morgan fingerprint density at radius 3 is 2.40 bits per heavy atom. The zero-order valence-electron chi connectivity index (χ0n) is 11.5. The van der Waals surface area contributed by atoms with Gasteiger partial charge in [0.15, 0.2) is 9.84 Å². The first-order valence-electron chi connectivity index (χ1n) is 6.19. The molecule has 6 nitrogen and oxygen atoms in total. The number of esters is 1. The molecule has 0 aromatic heterocycles. The standard InChI is InChI=1S/C13H19NO5S/c1-3-18-13(15)12(14)8-9-19-10-4-6-11(7-5-10)20(2,16)17/h4-7,12H,3,8-9,14H2,1-2H3. The molecule has 1 rings (SSSR count). The average molecular weight is 301 g/mol. The van der Waals surface area contributed by atoms with Crippen molar-refractivity contribution < 1.29 is 22.7 Å². The van der Waals surface area contributed by atoms with Crippen LogP contribution in [0.25, 0.3) is 0 Å². The minimum absolute atomic E-state index is 0.230. The summed E-state index contributed by atoms with van der Waals surface area (Å²) in [4.78, 5) is 11.5. The SMILES string of the molecule is CCOC(=O)C(N)CCOc1ccc(S(C)(=O)=O)cc1. The number of benzene rings is 1. The molecular formula is C13H19NO5S. The quantitative estimate of drug-likeness (QED) is 0.747. The fraction of sp³-hybridized carbons (Fsp3) is 0.462. The van der Waals surface area contributed by atoms with Crippen LogP contribution in [0.3, 0.4) is 0 Å². The van der Waals surface area contributed by atoms with Crippen molar-refractivity contribution in [3.8, 4) is 5.75 Å². The van der Waals surface area contributed by atoms with E-state index in [9.17, 15) is 13.2 Å². The number of sulfone groups is 1. The number of nitrogens with two attached hydrogens (primary N) is 1. The van der Waals surface area contributed by atoms with Gasteiger partial charge in [-0.1, -0.05) is 0 Å². The first-order chi connectivity index (χ1) is 9.34.